The first-order valence-electron chi connectivity index (χ1n) is 7.72. The predicted octanol–water partition coefficient (Wildman–Crippen LogP) is -0.368. The van der Waals surface area contributed by atoms with Gasteiger partial charge in [-0.25, -0.2) is 9.48 Å². The van der Waals surface area contributed by atoms with Crippen molar-refractivity contribution in [3.8, 4) is 0 Å². The SMILES string of the molecule is Cn1nnnc1CCNC(=O)N1CCC(N2CCCC2)C1. The number of tetrazole rings is 1. The fourth-order valence-electron chi connectivity index (χ4n) is 3.18. The van der Waals surface area contributed by atoms with Crippen LogP contribution < -0.4 is 5.32 Å². The van der Waals surface area contributed by atoms with E-state index in [4.69, 9.17) is 0 Å². The minimum absolute atomic E-state index is 0.0341. The molecule has 0 bridgehead atoms. The van der Waals surface area contributed by atoms with Gasteiger partial charge in [0.25, 0.3) is 0 Å². The average molecular weight is 293 g/mol. The maximum Gasteiger partial charge on any atom is 0.317 e. The second-order valence-corrected chi connectivity index (χ2v) is 5.83. The van der Waals surface area contributed by atoms with Crippen LogP contribution in [0.25, 0.3) is 0 Å². The van der Waals surface area contributed by atoms with Crippen molar-refractivity contribution in [1.82, 2.24) is 35.3 Å². The largest absolute Gasteiger partial charge is 0.338 e. The standard InChI is InChI=1S/C13H23N7O/c1-18-12(15-16-17-18)4-6-14-13(21)20-9-5-11(10-20)19-7-2-3-8-19/h11H,2-10H2,1H3,(H,14,21). The smallest absolute Gasteiger partial charge is 0.317 e. The van der Waals surface area contributed by atoms with Gasteiger partial charge in [0, 0.05) is 39.1 Å². The zero-order valence-corrected chi connectivity index (χ0v) is 12.5. The van der Waals surface area contributed by atoms with Crippen LogP contribution in [0.15, 0.2) is 0 Å². The van der Waals surface area contributed by atoms with Crippen LogP contribution in [0.2, 0.25) is 0 Å². The van der Waals surface area contributed by atoms with Crippen molar-refractivity contribution in [2.24, 2.45) is 7.05 Å². The Morgan fingerprint density at radius 3 is 2.86 bits per heavy atom. The second-order valence-electron chi connectivity index (χ2n) is 5.83. The van der Waals surface area contributed by atoms with Crippen LogP contribution in [0.1, 0.15) is 25.1 Å². The molecule has 21 heavy (non-hydrogen) atoms. The van der Waals surface area contributed by atoms with Crippen LogP contribution in [0.3, 0.4) is 0 Å². The molecule has 116 valence electrons. The summed E-state index contributed by atoms with van der Waals surface area (Å²) in [5.74, 6) is 0.784. The summed E-state index contributed by atoms with van der Waals surface area (Å²) in [6.07, 6.45) is 4.35. The van der Waals surface area contributed by atoms with E-state index in [9.17, 15) is 4.79 Å². The molecule has 0 aliphatic carbocycles. The molecule has 1 aromatic rings. The third-order valence-corrected chi connectivity index (χ3v) is 4.44. The van der Waals surface area contributed by atoms with Crippen molar-refractivity contribution in [3.63, 3.8) is 0 Å². The van der Waals surface area contributed by atoms with Crippen molar-refractivity contribution in [3.05, 3.63) is 5.82 Å². The highest BCUT2D eigenvalue weighted by molar-refractivity contribution is 5.74. The van der Waals surface area contributed by atoms with Gasteiger partial charge in [-0.05, 0) is 42.8 Å². The van der Waals surface area contributed by atoms with E-state index < -0.39 is 0 Å². The van der Waals surface area contributed by atoms with Crippen molar-refractivity contribution in [2.75, 3.05) is 32.7 Å². The molecule has 1 atom stereocenters. The molecule has 8 nitrogen and oxygen atoms in total. The molecule has 0 aromatic carbocycles. The average Bonchev–Trinajstić information content (AvgIpc) is 3.19. The van der Waals surface area contributed by atoms with Crippen LogP contribution in [0.5, 0.6) is 0 Å². The molecule has 2 amide bonds. The number of amides is 2. The van der Waals surface area contributed by atoms with E-state index in [1.807, 2.05) is 4.90 Å². The lowest BCUT2D eigenvalue weighted by atomic mass is 10.2. The lowest BCUT2D eigenvalue weighted by Gasteiger charge is -2.23. The lowest BCUT2D eigenvalue weighted by molar-refractivity contribution is 0.199. The number of hydrogen-bond donors (Lipinski definition) is 1. The van der Waals surface area contributed by atoms with Gasteiger partial charge in [0.2, 0.25) is 0 Å². The minimum Gasteiger partial charge on any atom is -0.338 e. The molecular weight excluding hydrogens is 270 g/mol. The van der Waals surface area contributed by atoms with Crippen molar-refractivity contribution in [2.45, 2.75) is 31.7 Å². The molecule has 3 heterocycles. The summed E-state index contributed by atoms with van der Waals surface area (Å²) in [6.45, 7) is 4.67. The molecule has 2 aliphatic heterocycles. The Bertz CT molecular complexity index is 483. The second kappa shape index (κ2) is 6.38. The zero-order chi connectivity index (χ0) is 14.7. The molecule has 2 fully saturated rings. The molecule has 2 saturated heterocycles. The first-order chi connectivity index (χ1) is 10.2. The summed E-state index contributed by atoms with van der Waals surface area (Å²) >= 11 is 0. The highest BCUT2D eigenvalue weighted by Gasteiger charge is 2.31. The van der Waals surface area contributed by atoms with E-state index >= 15 is 0 Å². The zero-order valence-electron chi connectivity index (χ0n) is 12.5. The van der Waals surface area contributed by atoms with E-state index in [0.717, 1.165) is 25.3 Å². The number of aryl methyl sites for hydroxylation is 1. The quantitative estimate of drug-likeness (QED) is 0.819. The van der Waals surface area contributed by atoms with Crippen LogP contribution in [-0.2, 0) is 13.5 Å². The molecule has 1 aromatic heterocycles. The van der Waals surface area contributed by atoms with Gasteiger partial charge < -0.3 is 10.2 Å². The summed E-state index contributed by atoms with van der Waals surface area (Å²) in [6, 6.07) is 0.591. The third-order valence-electron chi connectivity index (χ3n) is 4.44. The van der Waals surface area contributed by atoms with Crippen LogP contribution in [0, 0.1) is 0 Å². The molecule has 8 heteroatoms. The van der Waals surface area contributed by atoms with Gasteiger partial charge in [-0.15, -0.1) is 5.10 Å². The molecule has 2 aliphatic rings. The molecule has 0 radical (unpaired) electrons. The molecule has 0 saturated carbocycles. The van der Waals surface area contributed by atoms with Crippen LogP contribution >= 0.6 is 0 Å². The summed E-state index contributed by atoms with van der Waals surface area (Å²) in [7, 11) is 1.80. The fourth-order valence-corrected chi connectivity index (χ4v) is 3.18. The normalized spacial score (nSPS) is 22.9. The Hall–Kier alpha value is -1.70. The highest BCUT2D eigenvalue weighted by Crippen LogP contribution is 2.20. The summed E-state index contributed by atoms with van der Waals surface area (Å²) in [5.41, 5.74) is 0. The van der Waals surface area contributed by atoms with Gasteiger partial charge in [-0.3, -0.25) is 4.90 Å². The van der Waals surface area contributed by atoms with Crippen molar-refractivity contribution >= 4 is 6.03 Å². The number of carbonyl (C=O) groups excluding carboxylic acids is 1. The first-order valence-corrected chi connectivity index (χ1v) is 7.72. The molecule has 3 rings (SSSR count). The van der Waals surface area contributed by atoms with Crippen molar-refractivity contribution < 1.29 is 4.79 Å². The number of rotatable bonds is 4. The van der Waals surface area contributed by atoms with Crippen LogP contribution in [-0.4, -0.2) is 74.8 Å². The number of carbonyl (C=O) groups is 1. The number of nitrogens with one attached hydrogen (secondary N) is 1. The molecular formula is C13H23N7O. The van der Waals surface area contributed by atoms with Gasteiger partial charge in [0.15, 0.2) is 5.82 Å². The van der Waals surface area contributed by atoms with E-state index in [1.165, 1.54) is 25.9 Å². The van der Waals surface area contributed by atoms with E-state index in [-0.39, 0.29) is 6.03 Å². The molecule has 1 unspecified atom stereocenters. The number of urea groups is 1. The van der Waals surface area contributed by atoms with E-state index in [1.54, 1.807) is 11.7 Å². The fraction of sp³-hybridized carbons (Fsp3) is 0.846. The number of aromatic nitrogens is 4. The van der Waals surface area contributed by atoms with Gasteiger partial charge in [0.05, 0.1) is 0 Å². The number of likely N-dealkylation sites (tertiary alicyclic amines) is 2. The summed E-state index contributed by atoms with van der Waals surface area (Å²) < 4.78 is 1.63. The van der Waals surface area contributed by atoms with E-state index in [2.05, 4.69) is 25.7 Å². The number of nitrogens with zero attached hydrogens (tertiary/aromatic N) is 6. The monoisotopic (exact) mass is 293 g/mol. The maximum atomic E-state index is 12.2. The van der Waals surface area contributed by atoms with E-state index in [0.29, 0.717) is 19.0 Å². The molecule has 1 N–H and O–H groups in total. The first kappa shape index (κ1) is 14.2. The Morgan fingerprint density at radius 2 is 2.14 bits per heavy atom. The van der Waals surface area contributed by atoms with Gasteiger partial charge in [-0.1, -0.05) is 0 Å². The highest BCUT2D eigenvalue weighted by atomic mass is 16.2. The number of hydrogen-bond acceptors (Lipinski definition) is 5. The lowest BCUT2D eigenvalue weighted by Crippen LogP contribution is -2.42. The Labute approximate surface area is 124 Å². The van der Waals surface area contributed by atoms with Gasteiger partial charge >= 0.3 is 6.03 Å². The van der Waals surface area contributed by atoms with Gasteiger partial charge in [-0.2, -0.15) is 0 Å². The third kappa shape index (κ3) is 3.31. The Balaban J connectivity index is 1.40. The van der Waals surface area contributed by atoms with Gasteiger partial charge in [0.1, 0.15) is 0 Å². The van der Waals surface area contributed by atoms with Crippen LogP contribution in [0.4, 0.5) is 4.79 Å². The Morgan fingerprint density at radius 1 is 1.33 bits per heavy atom. The Kier molecular flexibility index (Phi) is 4.33. The molecule has 0 spiro atoms. The topological polar surface area (TPSA) is 79.2 Å². The predicted molar refractivity (Wildman–Crippen MR) is 76.7 cm³/mol. The maximum absolute atomic E-state index is 12.2. The summed E-state index contributed by atoms with van der Waals surface area (Å²) in [4.78, 5) is 16.6. The minimum atomic E-state index is 0.0341. The summed E-state index contributed by atoms with van der Waals surface area (Å²) in [5, 5.41) is 14.2. The van der Waals surface area contributed by atoms with Crippen molar-refractivity contribution in [1.29, 1.82) is 0 Å².